The van der Waals surface area contributed by atoms with E-state index in [4.69, 9.17) is 9.84 Å². The number of hydrogen-bond acceptors (Lipinski definition) is 5. The first kappa shape index (κ1) is 19.8. The molecule has 0 fully saturated rings. The molecule has 0 aromatic heterocycles. The van der Waals surface area contributed by atoms with Crippen molar-refractivity contribution in [3.63, 3.8) is 0 Å². The van der Waals surface area contributed by atoms with Crippen LogP contribution in [0.2, 0.25) is 0 Å². The number of carboxylic acid groups (broad SMARTS) is 1. The van der Waals surface area contributed by atoms with Crippen LogP contribution in [0.4, 0.5) is 0 Å². The van der Waals surface area contributed by atoms with Gasteiger partial charge in [0.1, 0.15) is 0 Å². The Balaban J connectivity index is 2.68. The van der Waals surface area contributed by atoms with Crippen molar-refractivity contribution in [3.05, 3.63) is 35.4 Å². The fourth-order valence-electron chi connectivity index (χ4n) is 2.25. The average Bonchev–Trinajstić information content (AvgIpc) is 2.57. The SMILES string of the molecule is CCCCN(CCCC)CC(=O)OC(=O)c1ccccc1C(=O)O. The summed E-state index contributed by atoms with van der Waals surface area (Å²) in [5, 5.41) is 9.09. The van der Waals surface area contributed by atoms with Crippen molar-refractivity contribution in [3.8, 4) is 0 Å². The van der Waals surface area contributed by atoms with Gasteiger partial charge in [-0.25, -0.2) is 9.59 Å². The lowest BCUT2D eigenvalue weighted by atomic mass is 10.1. The first-order valence-corrected chi connectivity index (χ1v) is 8.29. The van der Waals surface area contributed by atoms with Crippen molar-refractivity contribution in [2.75, 3.05) is 19.6 Å². The summed E-state index contributed by atoms with van der Waals surface area (Å²) in [4.78, 5) is 37.2. The molecule has 0 atom stereocenters. The Labute approximate surface area is 142 Å². The number of carbonyl (C=O) groups is 3. The lowest BCUT2D eigenvalue weighted by Crippen LogP contribution is -2.33. The highest BCUT2D eigenvalue weighted by Crippen LogP contribution is 2.11. The minimum Gasteiger partial charge on any atom is -0.478 e. The summed E-state index contributed by atoms with van der Waals surface area (Å²) in [5.74, 6) is -2.82. The topological polar surface area (TPSA) is 83.9 Å². The molecule has 0 radical (unpaired) electrons. The molecule has 0 aliphatic rings. The lowest BCUT2D eigenvalue weighted by molar-refractivity contribution is -0.139. The van der Waals surface area contributed by atoms with Crippen LogP contribution < -0.4 is 0 Å². The fourth-order valence-corrected chi connectivity index (χ4v) is 2.25. The zero-order chi connectivity index (χ0) is 17.9. The van der Waals surface area contributed by atoms with Gasteiger partial charge in [-0.05, 0) is 38.1 Å². The summed E-state index contributed by atoms with van der Waals surface area (Å²) in [6.07, 6.45) is 3.96. The minimum atomic E-state index is -1.23. The lowest BCUT2D eigenvalue weighted by Gasteiger charge is -2.20. The molecule has 1 aromatic carbocycles. The summed E-state index contributed by atoms with van der Waals surface area (Å²) in [6.45, 7) is 5.71. The zero-order valence-electron chi connectivity index (χ0n) is 14.3. The van der Waals surface area contributed by atoms with Gasteiger partial charge in [0.15, 0.2) is 0 Å². The first-order chi connectivity index (χ1) is 11.5. The van der Waals surface area contributed by atoms with E-state index in [1.54, 1.807) is 0 Å². The van der Waals surface area contributed by atoms with Gasteiger partial charge in [0.2, 0.25) is 0 Å². The second kappa shape index (κ2) is 10.5. The molecule has 0 aliphatic heterocycles. The predicted octanol–water partition coefficient (Wildman–Crippen LogP) is 2.97. The molecule has 24 heavy (non-hydrogen) atoms. The van der Waals surface area contributed by atoms with E-state index in [0.29, 0.717) is 0 Å². The number of carbonyl (C=O) groups excluding carboxylic acids is 2. The number of aromatic carboxylic acids is 1. The Morgan fingerprint density at radius 3 is 2.04 bits per heavy atom. The molecule has 0 heterocycles. The highest BCUT2D eigenvalue weighted by Gasteiger charge is 2.21. The number of esters is 2. The van der Waals surface area contributed by atoms with Crippen LogP contribution in [0.3, 0.4) is 0 Å². The van der Waals surface area contributed by atoms with Gasteiger partial charge in [0.25, 0.3) is 0 Å². The molecule has 6 nitrogen and oxygen atoms in total. The third kappa shape index (κ3) is 6.50. The number of benzene rings is 1. The summed E-state index contributed by atoms with van der Waals surface area (Å²) >= 11 is 0. The minimum absolute atomic E-state index is 0.0287. The Morgan fingerprint density at radius 1 is 1.00 bits per heavy atom. The largest absolute Gasteiger partial charge is 0.478 e. The molecule has 1 N–H and O–H groups in total. The van der Waals surface area contributed by atoms with Crippen LogP contribution in [-0.4, -0.2) is 47.5 Å². The van der Waals surface area contributed by atoms with Crippen LogP contribution in [0.15, 0.2) is 24.3 Å². The molecule has 1 rings (SSSR count). The average molecular weight is 335 g/mol. The molecule has 1 aromatic rings. The molecular weight excluding hydrogens is 310 g/mol. The highest BCUT2D eigenvalue weighted by atomic mass is 16.6. The quantitative estimate of drug-likeness (QED) is 0.523. The summed E-state index contributed by atoms with van der Waals surface area (Å²) in [5.41, 5.74) is -0.295. The number of ether oxygens (including phenoxy) is 1. The van der Waals surface area contributed by atoms with E-state index >= 15 is 0 Å². The van der Waals surface area contributed by atoms with Crippen LogP contribution in [0, 0.1) is 0 Å². The second-order valence-electron chi connectivity index (χ2n) is 5.60. The Hall–Kier alpha value is -2.21. The zero-order valence-corrected chi connectivity index (χ0v) is 14.3. The monoisotopic (exact) mass is 335 g/mol. The Morgan fingerprint density at radius 2 is 1.54 bits per heavy atom. The van der Waals surface area contributed by atoms with E-state index in [2.05, 4.69) is 13.8 Å². The number of rotatable bonds is 10. The van der Waals surface area contributed by atoms with Gasteiger partial charge in [-0.15, -0.1) is 0 Å². The molecule has 132 valence electrons. The van der Waals surface area contributed by atoms with E-state index in [0.717, 1.165) is 38.8 Å². The predicted molar refractivity (Wildman–Crippen MR) is 90.1 cm³/mol. The third-order valence-electron chi connectivity index (χ3n) is 3.59. The summed E-state index contributed by atoms with van der Waals surface area (Å²) < 4.78 is 4.83. The smallest absolute Gasteiger partial charge is 0.346 e. The van der Waals surface area contributed by atoms with E-state index in [9.17, 15) is 14.4 Å². The summed E-state index contributed by atoms with van der Waals surface area (Å²) in [6, 6.07) is 5.69. The number of nitrogens with zero attached hydrogens (tertiary/aromatic N) is 1. The normalized spacial score (nSPS) is 10.6. The van der Waals surface area contributed by atoms with Gasteiger partial charge in [-0.2, -0.15) is 0 Å². The maximum atomic E-state index is 12.1. The molecule has 6 heteroatoms. The van der Waals surface area contributed by atoms with Gasteiger partial charge >= 0.3 is 17.9 Å². The van der Waals surface area contributed by atoms with Crippen molar-refractivity contribution in [2.45, 2.75) is 39.5 Å². The Bertz CT molecular complexity index is 562. The van der Waals surface area contributed by atoms with Crippen LogP contribution in [0.5, 0.6) is 0 Å². The van der Waals surface area contributed by atoms with Crippen molar-refractivity contribution in [2.24, 2.45) is 0 Å². The van der Waals surface area contributed by atoms with Crippen molar-refractivity contribution in [1.82, 2.24) is 4.90 Å². The van der Waals surface area contributed by atoms with Crippen molar-refractivity contribution < 1.29 is 24.2 Å². The van der Waals surface area contributed by atoms with E-state index < -0.39 is 17.9 Å². The molecule has 0 unspecified atom stereocenters. The molecule has 0 spiro atoms. The van der Waals surface area contributed by atoms with Gasteiger partial charge in [-0.3, -0.25) is 9.69 Å². The maximum Gasteiger partial charge on any atom is 0.346 e. The maximum absolute atomic E-state index is 12.1. The van der Waals surface area contributed by atoms with E-state index in [-0.39, 0.29) is 17.7 Å². The molecule has 0 bridgehead atoms. The van der Waals surface area contributed by atoms with E-state index in [1.165, 1.54) is 24.3 Å². The molecule has 0 aliphatic carbocycles. The Kier molecular flexibility index (Phi) is 8.71. The van der Waals surface area contributed by atoms with Gasteiger partial charge < -0.3 is 9.84 Å². The first-order valence-electron chi connectivity index (χ1n) is 8.29. The van der Waals surface area contributed by atoms with Gasteiger partial charge in [0.05, 0.1) is 17.7 Å². The number of hydrogen-bond donors (Lipinski definition) is 1. The highest BCUT2D eigenvalue weighted by molar-refractivity contribution is 6.05. The second-order valence-corrected chi connectivity index (χ2v) is 5.60. The van der Waals surface area contributed by atoms with Crippen LogP contribution in [-0.2, 0) is 9.53 Å². The summed E-state index contributed by atoms with van der Waals surface area (Å²) in [7, 11) is 0. The molecule has 0 saturated carbocycles. The van der Waals surface area contributed by atoms with Crippen LogP contribution in [0.25, 0.3) is 0 Å². The van der Waals surface area contributed by atoms with Crippen LogP contribution >= 0.6 is 0 Å². The number of unbranched alkanes of at least 4 members (excludes halogenated alkanes) is 2. The molecule has 0 amide bonds. The molecular formula is C18H25NO5. The fraction of sp³-hybridized carbons (Fsp3) is 0.500. The number of carboxylic acids is 1. The van der Waals surface area contributed by atoms with Gasteiger partial charge in [-0.1, -0.05) is 38.8 Å². The third-order valence-corrected chi connectivity index (χ3v) is 3.59. The van der Waals surface area contributed by atoms with Gasteiger partial charge in [0, 0.05) is 0 Å². The van der Waals surface area contributed by atoms with Crippen LogP contribution in [0.1, 0.15) is 60.2 Å². The molecule has 0 saturated heterocycles. The van der Waals surface area contributed by atoms with Crippen molar-refractivity contribution in [1.29, 1.82) is 0 Å². The van der Waals surface area contributed by atoms with Crippen molar-refractivity contribution >= 4 is 17.9 Å². The van der Waals surface area contributed by atoms with E-state index in [1.807, 2.05) is 4.90 Å². The standard InChI is InChI=1S/C18H25NO5/c1-3-5-11-19(12-6-4-2)13-16(20)24-18(23)15-10-8-7-9-14(15)17(21)22/h7-10H,3-6,11-13H2,1-2H3,(H,21,22).